The second kappa shape index (κ2) is 8.76. The zero-order valence-electron chi connectivity index (χ0n) is 14.4. The van der Waals surface area contributed by atoms with E-state index in [0.717, 1.165) is 37.4 Å². The van der Waals surface area contributed by atoms with Crippen molar-refractivity contribution in [2.24, 2.45) is 11.8 Å². The number of hydrogen-bond donors (Lipinski definition) is 2. The molecule has 1 amide bonds. The number of likely N-dealkylation sites (tertiary alicyclic amines) is 1. The molecule has 1 aromatic heterocycles. The molecule has 2 N–H and O–H groups in total. The molecule has 0 saturated carbocycles. The number of amides is 1. The second-order valence-electron chi connectivity index (χ2n) is 6.86. The molecular weight excluding hydrogens is 310 g/mol. The highest BCUT2D eigenvalue weighted by Gasteiger charge is 2.28. The number of nitrogens with zero attached hydrogens (tertiary/aromatic N) is 2. The second-order valence-corrected chi connectivity index (χ2v) is 8.18. The minimum atomic E-state index is -0.136. The Morgan fingerprint density at radius 2 is 2.17 bits per heavy atom. The smallest absolute Gasteiger partial charge is 0.239 e. The van der Waals surface area contributed by atoms with E-state index in [1.807, 2.05) is 18.0 Å². The van der Waals surface area contributed by atoms with Gasteiger partial charge in [-0.05, 0) is 38.0 Å². The highest BCUT2D eigenvalue weighted by molar-refractivity contribution is 7.11. The molecule has 0 bridgehead atoms. The summed E-state index contributed by atoms with van der Waals surface area (Å²) in [7, 11) is 0. The first-order chi connectivity index (χ1) is 11.0. The van der Waals surface area contributed by atoms with Gasteiger partial charge in [-0.25, -0.2) is 4.98 Å². The van der Waals surface area contributed by atoms with Crippen LogP contribution in [-0.2, 0) is 11.3 Å². The Labute approximate surface area is 143 Å². The van der Waals surface area contributed by atoms with Crippen LogP contribution in [0.25, 0.3) is 0 Å². The molecule has 1 atom stereocenters. The van der Waals surface area contributed by atoms with E-state index in [9.17, 15) is 9.90 Å². The van der Waals surface area contributed by atoms with Crippen LogP contribution in [0, 0.1) is 18.8 Å². The van der Waals surface area contributed by atoms with Crippen LogP contribution in [0.2, 0.25) is 0 Å². The minimum absolute atomic E-state index is 0.136. The third-order valence-corrected chi connectivity index (χ3v) is 5.29. The summed E-state index contributed by atoms with van der Waals surface area (Å²) in [4.78, 5) is 20.2. The van der Waals surface area contributed by atoms with E-state index in [2.05, 4.69) is 24.1 Å². The van der Waals surface area contributed by atoms with Gasteiger partial charge in [0.05, 0.1) is 11.0 Å². The fraction of sp³-hybridized carbons (Fsp3) is 0.765. The third-order valence-electron chi connectivity index (χ3n) is 4.38. The Kier molecular flexibility index (Phi) is 6.99. The lowest BCUT2D eigenvalue weighted by Gasteiger charge is -2.34. The van der Waals surface area contributed by atoms with Crippen LogP contribution < -0.4 is 5.32 Å². The van der Waals surface area contributed by atoms with Crippen LogP contribution in [0.4, 0.5) is 0 Å². The fourth-order valence-electron chi connectivity index (χ4n) is 3.01. The number of aliphatic hydroxyl groups excluding tert-OH is 1. The number of aliphatic hydroxyl groups is 1. The van der Waals surface area contributed by atoms with Gasteiger partial charge in [0, 0.05) is 37.3 Å². The van der Waals surface area contributed by atoms with E-state index in [0.29, 0.717) is 18.4 Å². The molecule has 1 fully saturated rings. The maximum atomic E-state index is 12.8. The summed E-state index contributed by atoms with van der Waals surface area (Å²) >= 11 is 1.67. The highest BCUT2D eigenvalue weighted by atomic mass is 32.1. The number of thiazole rings is 1. The van der Waals surface area contributed by atoms with Gasteiger partial charge in [-0.2, -0.15) is 0 Å². The molecule has 6 heteroatoms. The Balaban J connectivity index is 1.92. The minimum Gasteiger partial charge on any atom is -0.396 e. The van der Waals surface area contributed by atoms with Crippen molar-refractivity contribution in [2.75, 3.05) is 19.7 Å². The van der Waals surface area contributed by atoms with E-state index >= 15 is 0 Å². The zero-order valence-corrected chi connectivity index (χ0v) is 15.2. The number of rotatable bonds is 7. The van der Waals surface area contributed by atoms with Crippen molar-refractivity contribution in [3.63, 3.8) is 0 Å². The molecule has 0 aliphatic carbocycles. The number of hydrogen-bond acceptors (Lipinski definition) is 5. The number of aromatic nitrogens is 1. The number of piperidine rings is 1. The summed E-state index contributed by atoms with van der Waals surface area (Å²) in [5, 5.41) is 13.7. The Morgan fingerprint density at radius 1 is 1.48 bits per heavy atom. The molecule has 130 valence electrons. The lowest BCUT2D eigenvalue weighted by atomic mass is 9.96. The van der Waals surface area contributed by atoms with Crippen molar-refractivity contribution >= 4 is 17.2 Å². The number of carbonyl (C=O) groups excluding carboxylic acids is 1. The standard InChI is InChI=1S/C17H29N3O2S/c1-12(2)8-16(19-10-15-9-18-13(3)23-15)17(22)20-6-4-14(11-21)5-7-20/h9,12,14,16,19,21H,4-8,10-11H2,1-3H3. The predicted molar refractivity (Wildman–Crippen MR) is 93.3 cm³/mol. The van der Waals surface area contributed by atoms with Gasteiger partial charge in [0.25, 0.3) is 0 Å². The van der Waals surface area contributed by atoms with Gasteiger partial charge in [-0.3, -0.25) is 4.79 Å². The summed E-state index contributed by atoms with van der Waals surface area (Å²) in [6.07, 6.45) is 4.54. The summed E-state index contributed by atoms with van der Waals surface area (Å²) in [6, 6.07) is -0.136. The van der Waals surface area contributed by atoms with Crippen LogP contribution in [0.3, 0.4) is 0 Å². The van der Waals surface area contributed by atoms with Crippen molar-refractivity contribution in [1.29, 1.82) is 0 Å². The molecule has 2 heterocycles. The largest absolute Gasteiger partial charge is 0.396 e. The van der Waals surface area contributed by atoms with Crippen LogP contribution in [0.5, 0.6) is 0 Å². The fourth-order valence-corrected chi connectivity index (χ4v) is 3.76. The SMILES string of the molecule is Cc1ncc(CNC(CC(C)C)C(=O)N2CCC(CO)CC2)s1. The molecule has 5 nitrogen and oxygen atoms in total. The van der Waals surface area contributed by atoms with Crippen molar-refractivity contribution in [3.8, 4) is 0 Å². The molecule has 0 aromatic carbocycles. The quantitative estimate of drug-likeness (QED) is 0.799. The maximum absolute atomic E-state index is 12.8. The molecule has 1 unspecified atom stereocenters. The molecule has 23 heavy (non-hydrogen) atoms. The van der Waals surface area contributed by atoms with E-state index in [1.165, 1.54) is 4.88 Å². The monoisotopic (exact) mass is 339 g/mol. The van der Waals surface area contributed by atoms with E-state index in [1.54, 1.807) is 11.3 Å². The van der Waals surface area contributed by atoms with Crippen LogP contribution in [-0.4, -0.2) is 46.6 Å². The van der Waals surface area contributed by atoms with E-state index < -0.39 is 0 Å². The zero-order chi connectivity index (χ0) is 16.8. The first kappa shape index (κ1) is 18.4. The average molecular weight is 340 g/mol. The van der Waals surface area contributed by atoms with Gasteiger partial charge in [-0.1, -0.05) is 13.8 Å². The molecular formula is C17H29N3O2S. The lowest BCUT2D eigenvalue weighted by Crippen LogP contribution is -2.49. The van der Waals surface area contributed by atoms with Gasteiger partial charge in [0.2, 0.25) is 5.91 Å². The molecule has 0 spiro atoms. The summed E-state index contributed by atoms with van der Waals surface area (Å²) in [5.41, 5.74) is 0. The first-order valence-corrected chi connectivity index (χ1v) is 9.35. The molecule has 1 aromatic rings. The van der Waals surface area contributed by atoms with Crippen molar-refractivity contribution in [3.05, 3.63) is 16.1 Å². The molecule has 2 rings (SSSR count). The summed E-state index contributed by atoms with van der Waals surface area (Å²) < 4.78 is 0. The molecule has 1 aliphatic rings. The summed E-state index contributed by atoms with van der Waals surface area (Å²) in [6.45, 7) is 8.76. The lowest BCUT2D eigenvalue weighted by molar-refractivity contribution is -0.135. The Hall–Kier alpha value is -0.980. The summed E-state index contributed by atoms with van der Waals surface area (Å²) in [5.74, 6) is 1.03. The van der Waals surface area contributed by atoms with E-state index in [-0.39, 0.29) is 18.6 Å². The van der Waals surface area contributed by atoms with E-state index in [4.69, 9.17) is 0 Å². The van der Waals surface area contributed by atoms with Gasteiger partial charge >= 0.3 is 0 Å². The highest BCUT2D eigenvalue weighted by Crippen LogP contribution is 2.19. The Bertz CT molecular complexity index is 496. The Morgan fingerprint density at radius 3 is 2.70 bits per heavy atom. The van der Waals surface area contributed by atoms with Gasteiger partial charge in [0.1, 0.15) is 0 Å². The molecule has 0 radical (unpaired) electrons. The maximum Gasteiger partial charge on any atom is 0.239 e. The normalized spacial score (nSPS) is 17.7. The van der Waals surface area contributed by atoms with Gasteiger partial charge < -0.3 is 15.3 Å². The first-order valence-electron chi connectivity index (χ1n) is 8.54. The van der Waals surface area contributed by atoms with Crippen molar-refractivity contribution in [1.82, 2.24) is 15.2 Å². The number of nitrogens with one attached hydrogen (secondary N) is 1. The van der Waals surface area contributed by atoms with Crippen molar-refractivity contribution in [2.45, 2.75) is 52.6 Å². The van der Waals surface area contributed by atoms with Crippen LogP contribution in [0.15, 0.2) is 6.20 Å². The van der Waals surface area contributed by atoms with Crippen molar-refractivity contribution < 1.29 is 9.90 Å². The number of aryl methyl sites for hydroxylation is 1. The number of carbonyl (C=O) groups is 1. The topological polar surface area (TPSA) is 65.5 Å². The predicted octanol–water partition coefficient (Wildman–Crippen LogP) is 2.19. The van der Waals surface area contributed by atoms with Crippen LogP contribution >= 0.6 is 11.3 Å². The average Bonchev–Trinajstić information content (AvgIpc) is 2.96. The van der Waals surface area contributed by atoms with Crippen LogP contribution in [0.1, 0.15) is 43.0 Å². The third kappa shape index (κ3) is 5.55. The molecule has 1 aliphatic heterocycles. The van der Waals surface area contributed by atoms with Gasteiger partial charge in [0.15, 0.2) is 0 Å². The molecule has 1 saturated heterocycles. The van der Waals surface area contributed by atoms with Gasteiger partial charge in [-0.15, -0.1) is 11.3 Å².